The van der Waals surface area contributed by atoms with Crippen LogP contribution in [-0.4, -0.2) is 21.7 Å². The molecule has 0 atom stereocenters. The van der Waals surface area contributed by atoms with Gasteiger partial charge in [0.25, 0.3) is 0 Å². The summed E-state index contributed by atoms with van der Waals surface area (Å²) in [5.74, 6) is 0.737. The van der Waals surface area contributed by atoms with Gasteiger partial charge in [-0.1, -0.05) is 30.3 Å². The topological polar surface area (TPSA) is 113 Å². The molecule has 0 saturated carbocycles. The number of nitrogens with two attached hydrogens (primary N) is 1. The van der Waals surface area contributed by atoms with Crippen molar-refractivity contribution in [1.29, 1.82) is 10.5 Å². The van der Waals surface area contributed by atoms with Gasteiger partial charge in [0.1, 0.15) is 40.5 Å². The van der Waals surface area contributed by atoms with Crippen LogP contribution in [0.25, 0.3) is 28.2 Å². The monoisotopic (exact) mass is 366 g/mol. The van der Waals surface area contributed by atoms with Gasteiger partial charge in [0, 0.05) is 11.1 Å². The molecular formula is C21H14N6O. The number of ether oxygens (including phenoxy) is 1. The molecule has 2 aromatic heterocycles. The molecule has 0 aliphatic heterocycles. The van der Waals surface area contributed by atoms with Crippen LogP contribution in [0.5, 0.6) is 5.75 Å². The SMILES string of the molecule is COc1ccc(-c2c(C#N)c(N)nc3c(C#N)c(-c4ccccc4)nn23)cc1. The van der Waals surface area contributed by atoms with E-state index < -0.39 is 0 Å². The van der Waals surface area contributed by atoms with Crippen LogP contribution < -0.4 is 10.5 Å². The van der Waals surface area contributed by atoms with Crippen molar-refractivity contribution in [1.82, 2.24) is 14.6 Å². The Morgan fingerprint density at radius 2 is 1.61 bits per heavy atom. The largest absolute Gasteiger partial charge is 0.497 e. The molecular weight excluding hydrogens is 352 g/mol. The van der Waals surface area contributed by atoms with Crippen LogP contribution in [0.4, 0.5) is 5.82 Å². The maximum Gasteiger partial charge on any atom is 0.176 e. The minimum absolute atomic E-state index is 0.0526. The summed E-state index contributed by atoms with van der Waals surface area (Å²) < 4.78 is 6.72. The third-order valence-corrected chi connectivity index (χ3v) is 4.43. The van der Waals surface area contributed by atoms with Crippen LogP contribution in [-0.2, 0) is 0 Å². The predicted molar refractivity (Wildman–Crippen MR) is 104 cm³/mol. The van der Waals surface area contributed by atoms with E-state index in [4.69, 9.17) is 10.5 Å². The number of anilines is 1. The smallest absolute Gasteiger partial charge is 0.176 e. The number of methoxy groups -OCH3 is 1. The second-order valence-electron chi connectivity index (χ2n) is 6.00. The second-order valence-corrected chi connectivity index (χ2v) is 6.00. The van der Waals surface area contributed by atoms with Crippen molar-refractivity contribution < 1.29 is 4.74 Å². The number of aromatic nitrogens is 3. The van der Waals surface area contributed by atoms with Crippen molar-refractivity contribution in [3.8, 4) is 40.4 Å². The average molecular weight is 366 g/mol. The summed E-state index contributed by atoms with van der Waals surface area (Å²) in [5.41, 5.74) is 9.32. The van der Waals surface area contributed by atoms with Gasteiger partial charge in [-0.3, -0.25) is 0 Å². The number of nitrogen functional groups attached to an aromatic ring is 1. The lowest BCUT2D eigenvalue weighted by Gasteiger charge is -2.10. The summed E-state index contributed by atoms with van der Waals surface area (Å²) in [6.45, 7) is 0. The minimum atomic E-state index is 0.0526. The van der Waals surface area contributed by atoms with Crippen molar-refractivity contribution in [2.45, 2.75) is 0 Å². The Kier molecular flexibility index (Phi) is 4.11. The van der Waals surface area contributed by atoms with Gasteiger partial charge in [0.15, 0.2) is 5.65 Å². The highest BCUT2D eigenvalue weighted by Gasteiger charge is 2.22. The fourth-order valence-electron chi connectivity index (χ4n) is 3.09. The number of hydrogen-bond acceptors (Lipinski definition) is 6. The number of benzene rings is 2. The first-order valence-electron chi connectivity index (χ1n) is 8.40. The van der Waals surface area contributed by atoms with Crippen molar-refractivity contribution in [3.63, 3.8) is 0 Å². The molecule has 2 heterocycles. The summed E-state index contributed by atoms with van der Waals surface area (Å²) in [5, 5.41) is 24.0. The number of fused-ring (bicyclic) bond motifs is 1. The normalized spacial score (nSPS) is 10.4. The fraction of sp³-hybridized carbons (Fsp3) is 0.0476. The van der Waals surface area contributed by atoms with Gasteiger partial charge in [0.2, 0.25) is 0 Å². The van der Waals surface area contributed by atoms with E-state index in [-0.39, 0.29) is 11.4 Å². The first-order chi connectivity index (χ1) is 13.7. The standard InChI is InChI=1S/C21H14N6O/c1-28-15-9-7-14(8-10-15)19-17(12-23)20(24)25-21-16(11-22)18(26-27(19)21)13-5-3-2-4-6-13/h2-10H,1H3,(H2,24,25). The van der Waals surface area contributed by atoms with E-state index in [1.54, 1.807) is 19.2 Å². The van der Waals surface area contributed by atoms with Crippen LogP contribution in [0, 0.1) is 22.7 Å². The van der Waals surface area contributed by atoms with Crippen LogP contribution in [0.1, 0.15) is 11.1 Å². The molecule has 0 spiro atoms. The number of nitriles is 2. The van der Waals surface area contributed by atoms with E-state index in [2.05, 4.69) is 22.2 Å². The lowest BCUT2D eigenvalue weighted by atomic mass is 10.1. The van der Waals surface area contributed by atoms with Gasteiger partial charge in [0.05, 0.1) is 12.8 Å². The first kappa shape index (κ1) is 17.1. The van der Waals surface area contributed by atoms with Crippen molar-refractivity contribution in [3.05, 3.63) is 65.7 Å². The second kappa shape index (κ2) is 6.75. The van der Waals surface area contributed by atoms with E-state index >= 15 is 0 Å². The van der Waals surface area contributed by atoms with Crippen LogP contribution in [0.2, 0.25) is 0 Å². The highest BCUT2D eigenvalue weighted by Crippen LogP contribution is 2.33. The van der Waals surface area contributed by atoms with Crippen LogP contribution >= 0.6 is 0 Å². The average Bonchev–Trinajstić information content (AvgIpc) is 3.11. The van der Waals surface area contributed by atoms with E-state index in [1.807, 2.05) is 42.5 Å². The minimum Gasteiger partial charge on any atom is -0.497 e. The molecule has 134 valence electrons. The third-order valence-electron chi connectivity index (χ3n) is 4.43. The predicted octanol–water partition coefficient (Wildman–Crippen LogP) is 3.40. The Morgan fingerprint density at radius 1 is 0.929 bits per heavy atom. The lowest BCUT2D eigenvalue weighted by Crippen LogP contribution is -2.05. The van der Waals surface area contributed by atoms with E-state index in [9.17, 15) is 10.5 Å². The first-order valence-corrected chi connectivity index (χ1v) is 8.40. The maximum absolute atomic E-state index is 9.75. The Hall–Kier alpha value is -4.36. The van der Waals surface area contributed by atoms with Crippen LogP contribution in [0.3, 0.4) is 0 Å². The van der Waals surface area contributed by atoms with Gasteiger partial charge >= 0.3 is 0 Å². The zero-order valence-corrected chi connectivity index (χ0v) is 14.9. The lowest BCUT2D eigenvalue weighted by molar-refractivity contribution is 0.415. The summed E-state index contributed by atoms with van der Waals surface area (Å²) in [4.78, 5) is 4.29. The molecule has 4 rings (SSSR count). The van der Waals surface area contributed by atoms with Crippen LogP contribution in [0.15, 0.2) is 54.6 Å². The maximum atomic E-state index is 9.75. The molecule has 0 aliphatic rings. The number of hydrogen-bond donors (Lipinski definition) is 1. The van der Waals surface area contributed by atoms with E-state index in [1.165, 1.54) is 4.52 Å². The molecule has 7 nitrogen and oxygen atoms in total. The molecule has 2 N–H and O–H groups in total. The highest BCUT2D eigenvalue weighted by atomic mass is 16.5. The van der Waals surface area contributed by atoms with Crippen molar-refractivity contribution in [2.24, 2.45) is 0 Å². The summed E-state index contributed by atoms with van der Waals surface area (Å²) in [7, 11) is 1.58. The van der Waals surface area contributed by atoms with Gasteiger partial charge in [-0.15, -0.1) is 0 Å². The van der Waals surface area contributed by atoms with E-state index in [0.29, 0.717) is 33.9 Å². The molecule has 0 saturated heterocycles. The number of rotatable bonds is 3. The summed E-state index contributed by atoms with van der Waals surface area (Å²) >= 11 is 0. The quantitative estimate of drug-likeness (QED) is 0.594. The van der Waals surface area contributed by atoms with Crippen molar-refractivity contribution >= 4 is 11.5 Å². The molecule has 28 heavy (non-hydrogen) atoms. The molecule has 4 aromatic rings. The molecule has 0 aliphatic carbocycles. The molecule has 0 amide bonds. The highest BCUT2D eigenvalue weighted by molar-refractivity contribution is 5.81. The Labute approximate surface area is 160 Å². The Bertz CT molecular complexity index is 1260. The summed E-state index contributed by atoms with van der Waals surface area (Å²) in [6, 6.07) is 20.8. The Balaban J connectivity index is 2.09. The number of nitrogens with zero attached hydrogens (tertiary/aromatic N) is 5. The van der Waals surface area contributed by atoms with Gasteiger partial charge < -0.3 is 10.5 Å². The molecule has 0 radical (unpaired) electrons. The van der Waals surface area contributed by atoms with E-state index in [0.717, 1.165) is 5.56 Å². The van der Waals surface area contributed by atoms with Gasteiger partial charge in [-0.25, -0.2) is 9.50 Å². The van der Waals surface area contributed by atoms with Gasteiger partial charge in [-0.2, -0.15) is 15.6 Å². The zero-order chi connectivity index (χ0) is 19.7. The molecule has 2 aromatic carbocycles. The fourth-order valence-corrected chi connectivity index (χ4v) is 3.09. The van der Waals surface area contributed by atoms with Crippen molar-refractivity contribution in [2.75, 3.05) is 12.8 Å². The third kappa shape index (κ3) is 2.59. The Morgan fingerprint density at radius 3 is 2.21 bits per heavy atom. The van der Waals surface area contributed by atoms with Gasteiger partial charge in [-0.05, 0) is 24.3 Å². The zero-order valence-electron chi connectivity index (χ0n) is 14.9. The summed E-state index contributed by atoms with van der Waals surface area (Å²) in [6.07, 6.45) is 0. The molecule has 0 bridgehead atoms. The molecule has 7 heteroatoms. The molecule has 0 fully saturated rings. The molecule has 0 unspecified atom stereocenters.